The third-order valence-corrected chi connectivity index (χ3v) is 4.39. The van der Waals surface area contributed by atoms with Gasteiger partial charge in [0.2, 0.25) is 0 Å². The number of pyridine rings is 1. The van der Waals surface area contributed by atoms with Gasteiger partial charge >= 0.3 is 0 Å². The van der Waals surface area contributed by atoms with E-state index in [4.69, 9.17) is 4.74 Å². The SMILES string of the molecule is CN(C)C(S)(C(=O)NCN1CCOCC1)c1ccccn1. The zero-order valence-corrected chi connectivity index (χ0v) is 13.3. The molecule has 1 aromatic rings. The number of rotatable bonds is 5. The van der Waals surface area contributed by atoms with E-state index < -0.39 is 4.87 Å². The minimum Gasteiger partial charge on any atom is -0.379 e. The summed E-state index contributed by atoms with van der Waals surface area (Å²) in [6, 6.07) is 5.48. The monoisotopic (exact) mass is 310 g/mol. The minimum atomic E-state index is -1.09. The van der Waals surface area contributed by atoms with Crippen molar-refractivity contribution in [2.75, 3.05) is 47.1 Å². The molecule has 116 valence electrons. The maximum atomic E-state index is 12.6. The van der Waals surface area contributed by atoms with Gasteiger partial charge in [0.05, 0.1) is 25.6 Å². The van der Waals surface area contributed by atoms with Gasteiger partial charge in [-0.1, -0.05) is 6.07 Å². The lowest BCUT2D eigenvalue weighted by Gasteiger charge is -2.34. The second-order valence-corrected chi connectivity index (χ2v) is 5.82. The topological polar surface area (TPSA) is 57.7 Å². The summed E-state index contributed by atoms with van der Waals surface area (Å²) in [5.41, 5.74) is 0.609. The van der Waals surface area contributed by atoms with E-state index in [1.165, 1.54) is 0 Å². The molecule has 1 aliphatic rings. The van der Waals surface area contributed by atoms with Crippen LogP contribution in [0.1, 0.15) is 5.69 Å². The van der Waals surface area contributed by atoms with E-state index in [9.17, 15) is 4.79 Å². The number of ether oxygens (including phenoxy) is 1. The molecule has 7 heteroatoms. The lowest BCUT2D eigenvalue weighted by molar-refractivity contribution is -0.128. The fraction of sp³-hybridized carbons (Fsp3) is 0.571. The summed E-state index contributed by atoms with van der Waals surface area (Å²) in [4.78, 5) is 19.7. The van der Waals surface area contributed by atoms with Crippen molar-refractivity contribution in [3.63, 3.8) is 0 Å². The maximum absolute atomic E-state index is 12.6. The van der Waals surface area contributed by atoms with E-state index >= 15 is 0 Å². The summed E-state index contributed by atoms with van der Waals surface area (Å²) in [5, 5.41) is 2.95. The second-order valence-electron chi connectivity index (χ2n) is 5.18. The van der Waals surface area contributed by atoms with E-state index in [1.54, 1.807) is 17.2 Å². The number of hydrogen-bond acceptors (Lipinski definition) is 6. The smallest absolute Gasteiger partial charge is 0.258 e. The van der Waals surface area contributed by atoms with Crippen LogP contribution >= 0.6 is 12.6 Å². The molecule has 1 aromatic heterocycles. The minimum absolute atomic E-state index is 0.180. The normalized spacial score (nSPS) is 19.2. The fourth-order valence-electron chi connectivity index (χ4n) is 2.18. The summed E-state index contributed by atoms with van der Waals surface area (Å²) < 4.78 is 5.29. The van der Waals surface area contributed by atoms with Crippen molar-refractivity contribution < 1.29 is 9.53 Å². The van der Waals surface area contributed by atoms with Crippen molar-refractivity contribution in [1.82, 2.24) is 20.1 Å². The molecular weight excluding hydrogens is 288 g/mol. The van der Waals surface area contributed by atoms with Gasteiger partial charge in [0.25, 0.3) is 5.91 Å². The first kappa shape index (κ1) is 16.2. The zero-order valence-electron chi connectivity index (χ0n) is 12.5. The van der Waals surface area contributed by atoms with Gasteiger partial charge in [0, 0.05) is 19.3 Å². The van der Waals surface area contributed by atoms with Crippen LogP contribution in [0.15, 0.2) is 24.4 Å². The second kappa shape index (κ2) is 7.22. The molecule has 2 heterocycles. The summed E-state index contributed by atoms with van der Waals surface area (Å²) in [6.07, 6.45) is 1.67. The molecule has 0 spiro atoms. The van der Waals surface area contributed by atoms with Crippen LogP contribution in [0.5, 0.6) is 0 Å². The Balaban J connectivity index is 2.05. The zero-order chi connectivity index (χ0) is 15.3. The maximum Gasteiger partial charge on any atom is 0.258 e. The van der Waals surface area contributed by atoms with Crippen LogP contribution in [0, 0.1) is 0 Å². The number of carbonyl (C=O) groups excluding carboxylic acids is 1. The van der Waals surface area contributed by atoms with Crippen molar-refractivity contribution in [3.8, 4) is 0 Å². The molecule has 6 nitrogen and oxygen atoms in total. The molecule has 0 bridgehead atoms. The van der Waals surface area contributed by atoms with E-state index in [1.807, 2.05) is 26.2 Å². The number of amides is 1. The van der Waals surface area contributed by atoms with Crippen molar-refractivity contribution >= 4 is 18.5 Å². The van der Waals surface area contributed by atoms with Crippen molar-refractivity contribution in [2.45, 2.75) is 4.87 Å². The van der Waals surface area contributed by atoms with E-state index in [2.05, 4.69) is 27.8 Å². The van der Waals surface area contributed by atoms with Crippen LogP contribution in [-0.4, -0.2) is 67.8 Å². The third kappa shape index (κ3) is 3.74. The Hall–Kier alpha value is -1.15. The van der Waals surface area contributed by atoms with Crippen LogP contribution in [0.3, 0.4) is 0 Å². The Morgan fingerprint density at radius 2 is 2.19 bits per heavy atom. The van der Waals surface area contributed by atoms with Gasteiger partial charge in [-0.3, -0.25) is 19.6 Å². The summed E-state index contributed by atoms with van der Waals surface area (Å²) in [5.74, 6) is -0.180. The molecule has 0 saturated carbocycles. The highest BCUT2D eigenvalue weighted by molar-refractivity contribution is 7.82. The van der Waals surface area contributed by atoms with Crippen molar-refractivity contribution in [1.29, 1.82) is 0 Å². The quantitative estimate of drug-likeness (QED) is 0.598. The van der Waals surface area contributed by atoms with Crippen molar-refractivity contribution in [3.05, 3.63) is 30.1 Å². The summed E-state index contributed by atoms with van der Waals surface area (Å²) >= 11 is 4.60. The predicted molar refractivity (Wildman–Crippen MR) is 84.0 cm³/mol. The Morgan fingerprint density at radius 1 is 1.48 bits per heavy atom. The Kier molecular flexibility index (Phi) is 5.58. The molecule has 1 saturated heterocycles. The Morgan fingerprint density at radius 3 is 2.76 bits per heavy atom. The molecule has 0 aliphatic carbocycles. The number of nitrogens with zero attached hydrogens (tertiary/aromatic N) is 3. The number of carbonyl (C=O) groups is 1. The van der Waals surface area contributed by atoms with Gasteiger partial charge in [-0.15, -0.1) is 12.6 Å². The largest absolute Gasteiger partial charge is 0.379 e. The van der Waals surface area contributed by atoms with Gasteiger partial charge in [-0.2, -0.15) is 0 Å². The molecule has 2 rings (SSSR count). The molecule has 1 unspecified atom stereocenters. The first-order valence-electron chi connectivity index (χ1n) is 6.95. The van der Waals surface area contributed by atoms with Gasteiger partial charge in [-0.25, -0.2) is 0 Å². The van der Waals surface area contributed by atoms with Gasteiger partial charge < -0.3 is 10.1 Å². The first-order chi connectivity index (χ1) is 10.0. The molecule has 1 fully saturated rings. The number of aromatic nitrogens is 1. The number of hydrogen-bond donors (Lipinski definition) is 2. The lowest BCUT2D eigenvalue weighted by Crippen LogP contribution is -2.53. The van der Waals surface area contributed by atoms with E-state index in [0.29, 0.717) is 25.6 Å². The number of thiol groups is 1. The Bertz CT molecular complexity index is 465. The van der Waals surface area contributed by atoms with Crippen molar-refractivity contribution in [2.24, 2.45) is 0 Å². The average Bonchev–Trinajstić information content (AvgIpc) is 2.53. The van der Waals surface area contributed by atoms with E-state index in [-0.39, 0.29) is 5.91 Å². The van der Waals surface area contributed by atoms with Crippen LogP contribution < -0.4 is 5.32 Å². The summed E-state index contributed by atoms with van der Waals surface area (Å²) in [6.45, 7) is 3.55. The van der Waals surface area contributed by atoms with Crippen LogP contribution in [0.4, 0.5) is 0 Å². The standard InChI is InChI=1S/C14H22N4O2S/c1-17(2)14(21,12-5-3-4-6-15-12)13(19)16-11-18-7-9-20-10-8-18/h3-6,21H,7-11H2,1-2H3,(H,16,19). The molecule has 1 atom stereocenters. The fourth-order valence-corrected chi connectivity index (χ4v) is 2.39. The third-order valence-electron chi connectivity index (χ3n) is 3.55. The molecule has 0 aromatic carbocycles. The lowest BCUT2D eigenvalue weighted by atomic mass is 10.1. The predicted octanol–water partition coefficient (Wildman–Crippen LogP) is 0.132. The van der Waals surface area contributed by atoms with Gasteiger partial charge in [0.15, 0.2) is 4.87 Å². The number of nitrogens with one attached hydrogen (secondary N) is 1. The van der Waals surface area contributed by atoms with Crippen LogP contribution in [-0.2, 0) is 14.4 Å². The number of morpholine rings is 1. The molecular formula is C14H22N4O2S. The van der Waals surface area contributed by atoms with Crippen LogP contribution in [0.25, 0.3) is 0 Å². The molecule has 1 aliphatic heterocycles. The molecule has 1 N–H and O–H groups in total. The average molecular weight is 310 g/mol. The van der Waals surface area contributed by atoms with Crippen LogP contribution in [0.2, 0.25) is 0 Å². The highest BCUT2D eigenvalue weighted by atomic mass is 32.1. The van der Waals surface area contributed by atoms with Gasteiger partial charge in [-0.05, 0) is 26.2 Å². The summed E-state index contributed by atoms with van der Waals surface area (Å²) in [7, 11) is 3.63. The highest BCUT2D eigenvalue weighted by Gasteiger charge is 2.40. The highest BCUT2D eigenvalue weighted by Crippen LogP contribution is 2.29. The Labute approximate surface area is 130 Å². The van der Waals surface area contributed by atoms with E-state index in [0.717, 1.165) is 13.1 Å². The molecule has 21 heavy (non-hydrogen) atoms. The molecule has 0 radical (unpaired) electrons. The number of likely N-dealkylation sites (N-methyl/N-ethyl adjacent to an activating group) is 1. The van der Waals surface area contributed by atoms with Gasteiger partial charge in [0.1, 0.15) is 0 Å². The first-order valence-corrected chi connectivity index (χ1v) is 7.39. The molecule has 1 amide bonds.